The molecular weight excluding hydrogens is 216 g/mol. The lowest BCUT2D eigenvalue weighted by Gasteiger charge is -1.94. The van der Waals surface area contributed by atoms with Crippen LogP contribution in [0.4, 0.5) is 0 Å². The van der Waals surface area contributed by atoms with Crippen LogP contribution in [0, 0.1) is 11.8 Å². The van der Waals surface area contributed by atoms with Gasteiger partial charge in [0, 0.05) is 10.9 Å². The minimum Gasteiger partial charge on any atom is -0.384 e. The molecule has 0 atom stereocenters. The number of alkyl halides is 1. The Morgan fingerprint density at radius 2 is 2.25 bits per heavy atom. The third-order valence-corrected chi connectivity index (χ3v) is 2.04. The van der Waals surface area contributed by atoms with Crippen LogP contribution in [-0.4, -0.2) is 11.7 Å². The first-order chi connectivity index (χ1) is 5.86. The Morgan fingerprint density at radius 1 is 1.42 bits per heavy atom. The van der Waals surface area contributed by atoms with E-state index in [0.29, 0.717) is 0 Å². The minimum absolute atomic E-state index is 0.0848. The van der Waals surface area contributed by atoms with Gasteiger partial charge in [0.05, 0.1) is 0 Å². The molecule has 62 valence electrons. The molecule has 1 aromatic rings. The molecule has 1 nitrogen and oxygen atoms in total. The van der Waals surface area contributed by atoms with Crippen molar-refractivity contribution in [3.63, 3.8) is 0 Å². The van der Waals surface area contributed by atoms with Crippen molar-refractivity contribution in [2.45, 2.75) is 5.33 Å². The van der Waals surface area contributed by atoms with Gasteiger partial charge in [-0.25, -0.2) is 0 Å². The summed E-state index contributed by atoms with van der Waals surface area (Å²) in [7, 11) is 0. The molecule has 0 bridgehead atoms. The zero-order valence-corrected chi connectivity index (χ0v) is 8.13. The molecule has 0 spiro atoms. The monoisotopic (exact) mass is 224 g/mol. The first kappa shape index (κ1) is 9.31. The molecule has 1 aromatic carbocycles. The van der Waals surface area contributed by atoms with Gasteiger partial charge in [0.15, 0.2) is 0 Å². The van der Waals surface area contributed by atoms with Crippen LogP contribution in [0.15, 0.2) is 24.3 Å². The van der Waals surface area contributed by atoms with E-state index in [0.717, 1.165) is 10.9 Å². The fourth-order valence-corrected chi connectivity index (χ4v) is 1.22. The van der Waals surface area contributed by atoms with E-state index >= 15 is 0 Å². The van der Waals surface area contributed by atoms with Gasteiger partial charge >= 0.3 is 0 Å². The van der Waals surface area contributed by atoms with Gasteiger partial charge in [-0.3, -0.25) is 0 Å². The normalized spacial score (nSPS) is 8.83. The maximum atomic E-state index is 8.47. The molecule has 0 aliphatic carbocycles. The van der Waals surface area contributed by atoms with Gasteiger partial charge < -0.3 is 5.11 Å². The van der Waals surface area contributed by atoms with Gasteiger partial charge in [-0.1, -0.05) is 39.9 Å². The number of benzene rings is 1. The van der Waals surface area contributed by atoms with Crippen LogP contribution in [0.25, 0.3) is 0 Å². The Kier molecular flexibility index (Phi) is 3.86. The highest BCUT2D eigenvalue weighted by Crippen LogP contribution is 2.07. The van der Waals surface area contributed by atoms with Gasteiger partial charge in [0.2, 0.25) is 0 Å². The van der Waals surface area contributed by atoms with Crippen LogP contribution in [0.5, 0.6) is 0 Å². The summed E-state index contributed by atoms with van der Waals surface area (Å²) in [6, 6.07) is 7.91. The summed E-state index contributed by atoms with van der Waals surface area (Å²) in [6.07, 6.45) is 0. The van der Waals surface area contributed by atoms with Crippen molar-refractivity contribution in [2.24, 2.45) is 0 Å². The highest BCUT2D eigenvalue weighted by molar-refractivity contribution is 9.08. The van der Waals surface area contributed by atoms with Crippen LogP contribution in [0.3, 0.4) is 0 Å². The molecule has 0 saturated carbocycles. The summed E-state index contributed by atoms with van der Waals surface area (Å²) in [4.78, 5) is 0. The smallest absolute Gasteiger partial charge is 0.104 e. The Bertz CT molecular complexity index is 309. The number of halogens is 1. The molecule has 0 unspecified atom stereocenters. The first-order valence-corrected chi connectivity index (χ1v) is 4.73. The van der Waals surface area contributed by atoms with Crippen molar-refractivity contribution in [1.29, 1.82) is 0 Å². The third kappa shape index (κ3) is 2.69. The molecule has 0 fully saturated rings. The Morgan fingerprint density at radius 3 is 2.92 bits per heavy atom. The molecule has 0 radical (unpaired) electrons. The lowest BCUT2D eigenvalue weighted by atomic mass is 10.1. The lowest BCUT2D eigenvalue weighted by Crippen LogP contribution is -1.80. The van der Waals surface area contributed by atoms with E-state index in [4.69, 9.17) is 5.11 Å². The second kappa shape index (κ2) is 4.97. The molecular formula is C10H9BrO. The van der Waals surface area contributed by atoms with E-state index in [9.17, 15) is 0 Å². The van der Waals surface area contributed by atoms with Crippen molar-refractivity contribution in [1.82, 2.24) is 0 Å². The van der Waals surface area contributed by atoms with Crippen LogP contribution < -0.4 is 0 Å². The Balaban J connectivity index is 2.86. The number of aliphatic hydroxyl groups is 1. The van der Waals surface area contributed by atoms with Gasteiger partial charge in [-0.2, -0.15) is 0 Å². The van der Waals surface area contributed by atoms with E-state index in [2.05, 4.69) is 27.8 Å². The van der Waals surface area contributed by atoms with Gasteiger partial charge in [-0.05, 0) is 17.7 Å². The molecule has 1 rings (SSSR count). The Labute approximate surface area is 80.6 Å². The van der Waals surface area contributed by atoms with E-state index in [1.54, 1.807) is 0 Å². The van der Waals surface area contributed by atoms with Gasteiger partial charge in [0.1, 0.15) is 6.61 Å². The summed E-state index contributed by atoms with van der Waals surface area (Å²) in [5, 5.41) is 9.31. The van der Waals surface area contributed by atoms with Crippen molar-refractivity contribution < 1.29 is 5.11 Å². The molecule has 1 N–H and O–H groups in total. The minimum atomic E-state index is -0.0848. The van der Waals surface area contributed by atoms with E-state index in [1.807, 2.05) is 24.3 Å². The van der Waals surface area contributed by atoms with Gasteiger partial charge in [-0.15, -0.1) is 0 Å². The molecule has 2 heteroatoms. The molecule has 0 heterocycles. The summed E-state index contributed by atoms with van der Waals surface area (Å²) in [5.41, 5.74) is 2.14. The van der Waals surface area contributed by atoms with Crippen LogP contribution in [0.1, 0.15) is 11.1 Å². The number of hydrogen-bond donors (Lipinski definition) is 1. The fraction of sp³-hybridized carbons (Fsp3) is 0.200. The van der Waals surface area contributed by atoms with Crippen molar-refractivity contribution in [2.75, 3.05) is 6.61 Å². The fourth-order valence-electron chi connectivity index (χ4n) is 0.874. The average Bonchev–Trinajstić information content (AvgIpc) is 2.15. The van der Waals surface area contributed by atoms with Crippen LogP contribution >= 0.6 is 15.9 Å². The van der Waals surface area contributed by atoms with Crippen molar-refractivity contribution in [3.05, 3.63) is 35.4 Å². The maximum absolute atomic E-state index is 8.47. The molecule has 0 aromatic heterocycles. The predicted octanol–water partition coefficient (Wildman–Crippen LogP) is 1.93. The summed E-state index contributed by atoms with van der Waals surface area (Å²) >= 11 is 3.36. The number of aliphatic hydroxyl groups excluding tert-OH is 1. The first-order valence-electron chi connectivity index (χ1n) is 3.61. The Hall–Kier alpha value is -0.780. The summed E-state index contributed by atoms with van der Waals surface area (Å²) in [5.74, 6) is 5.45. The van der Waals surface area contributed by atoms with Crippen LogP contribution in [-0.2, 0) is 5.33 Å². The quantitative estimate of drug-likeness (QED) is 0.571. The largest absolute Gasteiger partial charge is 0.384 e. The highest BCUT2D eigenvalue weighted by atomic mass is 79.9. The van der Waals surface area contributed by atoms with Crippen molar-refractivity contribution in [3.8, 4) is 11.8 Å². The zero-order valence-electron chi connectivity index (χ0n) is 6.55. The van der Waals surface area contributed by atoms with Crippen LogP contribution in [0.2, 0.25) is 0 Å². The summed E-state index contributed by atoms with van der Waals surface area (Å²) in [6.45, 7) is -0.0848. The molecule has 12 heavy (non-hydrogen) atoms. The second-order valence-corrected chi connectivity index (χ2v) is 2.85. The number of rotatable bonds is 1. The zero-order chi connectivity index (χ0) is 8.81. The molecule has 0 saturated heterocycles. The highest BCUT2D eigenvalue weighted by Gasteiger charge is 1.89. The summed E-state index contributed by atoms with van der Waals surface area (Å²) < 4.78 is 0. The molecule has 0 amide bonds. The van der Waals surface area contributed by atoms with Gasteiger partial charge in [0.25, 0.3) is 0 Å². The maximum Gasteiger partial charge on any atom is 0.104 e. The van der Waals surface area contributed by atoms with E-state index < -0.39 is 0 Å². The predicted molar refractivity (Wildman–Crippen MR) is 53.0 cm³/mol. The average molecular weight is 225 g/mol. The molecule has 0 aliphatic rings. The SMILES string of the molecule is OCC#Cc1cccc(CBr)c1. The second-order valence-electron chi connectivity index (χ2n) is 2.29. The van der Waals surface area contributed by atoms with Crippen molar-refractivity contribution >= 4 is 15.9 Å². The number of hydrogen-bond acceptors (Lipinski definition) is 1. The van der Waals surface area contributed by atoms with E-state index in [-0.39, 0.29) is 6.61 Å². The standard InChI is InChI=1S/C10H9BrO/c11-8-10-4-1-3-9(7-10)5-2-6-12/h1,3-4,7,12H,6,8H2. The third-order valence-electron chi connectivity index (χ3n) is 1.39. The lowest BCUT2D eigenvalue weighted by molar-refractivity contribution is 0.350. The van der Waals surface area contributed by atoms with E-state index in [1.165, 1.54) is 5.56 Å². The topological polar surface area (TPSA) is 20.2 Å². The molecule has 0 aliphatic heterocycles.